The van der Waals surface area contributed by atoms with E-state index >= 15 is 0 Å². The molecule has 0 saturated heterocycles. The third-order valence-electron chi connectivity index (χ3n) is 3.03. The first-order chi connectivity index (χ1) is 9.93. The van der Waals surface area contributed by atoms with E-state index in [0.717, 1.165) is 10.0 Å². The Labute approximate surface area is 136 Å². The zero-order chi connectivity index (χ0) is 15.6. The van der Waals surface area contributed by atoms with Crippen LogP contribution >= 0.6 is 27.5 Å². The van der Waals surface area contributed by atoms with Crippen LogP contribution in [0.1, 0.15) is 15.9 Å². The number of nitrogens with one attached hydrogen (secondary N) is 1. The molecule has 1 amide bonds. The number of aryl methyl sites for hydroxylation is 1. The van der Waals surface area contributed by atoms with Gasteiger partial charge in [-0.05, 0) is 52.7 Å². The molecule has 0 saturated carbocycles. The van der Waals surface area contributed by atoms with Crippen LogP contribution in [0.2, 0.25) is 5.02 Å². The van der Waals surface area contributed by atoms with Gasteiger partial charge in [-0.3, -0.25) is 4.79 Å². The molecule has 0 radical (unpaired) electrons. The van der Waals surface area contributed by atoms with E-state index in [2.05, 4.69) is 21.2 Å². The number of hydrogen-bond donors (Lipinski definition) is 2. The smallest absolute Gasteiger partial charge is 0.257 e. The van der Waals surface area contributed by atoms with Gasteiger partial charge in [0.25, 0.3) is 5.91 Å². The average molecular weight is 370 g/mol. The predicted octanol–water partition coefficient (Wildman–Crippen LogP) is 4.25. The van der Waals surface area contributed by atoms with Crippen LogP contribution in [-0.2, 0) is 0 Å². The summed E-state index contributed by atoms with van der Waals surface area (Å²) in [5.41, 5.74) is 8.06. The third-order valence-corrected chi connectivity index (χ3v) is 4.09. The van der Waals surface area contributed by atoms with E-state index in [9.17, 15) is 4.79 Å². The Hall–Kier alpha value is -1.72. The topological polar surface area (TPSA) is 64.3 Å². The summed E-state index contributed by atoms with van der Waals surface area (Å²) in [5, 5.41) is 3.36. The first-order valence-electron chi connectivity index (χ1n) is 6.13. The van der Waals surface area contributed by atoms with Gasteiger partial charge in [-0.25, -0.2) is 0 Å². The van der Waals surface area contributed by atoms with Crippen LogP contribution in [-0.4, -0.2) is 13.0 Å². The fourth-order valence-electron chi connectivity index (χ4n) is 1.85. The summed E-state index contributed by atoms with van der Waals surface area (Å²) in [7, 11) is 1.50. The van der Waals surface area contributed by atoms with Crippen molar-refractivity contribution in [3.63, 3.8) is 0 Å². The quantitative estimate of drug-likeness (QED) is 0.795. The fourth-order valence-corrected chi connectivity index (χ4v) is 2.57. The number of rotatable bonds is 3. The van der Waals surface area contributed by atoms with Crippen LogP contribution < -0.4 is 15.8 Å². The lowest BCUT2D eigenvalue weighted by atomic mass is 10.1. The van der Waals surface area contributed by atoms with Crippen molar-refractivity contribution in [2.24, 2.45) is 0 Å². The number of para-hydroxylation sites is 1. The molecule has 0 aliphatic rings. The van der Waals surface area contributed by atoms with E-state index in [1.165, 1.54) is 7.11 Å². The molecule has 0 fully saturated rings. The molecule has 0 aliphatic heterocycles. The minimum Gasteiger partial charge on any atom is -0.495 e. The third kappa shape index (κ3) is 3.31. The highest BCUT2D eigenvalue weighted by atomic mass is 79.9. The van der Waals surface area contributed by atoms with Crippen molar-refractivity contribution in [1.82, 2.24) is 0 Å². The molecular weight excluding hydrogens is 356 g/mol. The van der Waals surface area contributed by atoms with Crippen molar-refractivity contribution in [2.75, 3.05) is 18.2 Å². The number of nitrogens with two attached hydrogens (primary N) is 1. The lowest BCUT2D eigenvalue weighted by Gasteiger charge is -2.12. The number of carbonyl (C=O) groups is 1. The van der Waals surface area contributed by atoms with E-state index in [-0.39, 0.29) is 5.91 Å². The summed E-state index contributed by atoms with van der Waals surface area (Å²) >= 11 is 9.48. The maximum absolute atomic E-state index is 12.3. The number of methoxy groups -OCH3 is 1. The standard InChI is InChI=1S/C15H14BrClN2O2/c1-8-6-10(16)12(7-11(8)17)19-15(20)9-4-3-5-13(21-2)14(9)18/h3-7H,18H2,1-2H3,(H,19,20). The molecule has 2 aromatic rings. The number of anilines is 2. The van der Waals surface area contributed by atoms with Gasteiger partial charge in [-0.1, -0.05) is 17.7 Å². The molecule has 110 valence electrons. The Morgan fingerprint density at radius 1 is 1.38 bits per heavy atom. The maximum atomic E-state index is 12.3. The number of amides is 1. The second kappa shape index (κ2) is 6.37. The van der Waals surface area contributed by atoms with E-state index in [1.54, 1.807) is 24.3 Å². The average Bonchev–Trinajstić information content (AvgIpc) is 2.44. The van der Waals surface area contributed by atoms with Gasteiger partial charge in [0.1, 0.15) is 5.75 Å². The summed E-state index contributed by atoms with van der Waals surface area (Å²) in [6.45, 7) is 1.89. The van der Waals surface area contributed by atoms with Crippen LogP contribution in [0.4, 0.5) is 11.4 Å². The summed E-state index contributed by atoms with van der Waals surface area (Å²) in [6.07, 6.45) is 0. The fraction of sp³-hybridized carbons (Fsp3) is 0.133. The Bertz CT molecular complexity index is 704. The van der Waals surface area contributed by atoms with Crippen LogP contribution in [0.3, 0.4) is 0 Å². The van der Waals surface area contributed by atoms with Gasteiger partial charge in [-0.2, -0.15) is 0 Å². The van der Waals surface area contributed by atoms with Crippen molar-refractivity contribution >= 4 is 44.8 Å². The number of benzene rings is 2. The van der Waals surface area contributed by atoms with Gasteiger partial charge >= 0.3 is 0 Å². The van der Waals surface area contributed by atoms with E-state index < -0.39 is 0 Å². The second-order valence-corrected chi connectivity index (χ2v) is 5.72. The van der Waals surface area contributed by atoms with E-state index in [1.807, 2.05) is 13.0 Å². The molecule has 6 heteroatoms. The molecule has 0 aromatic heterocycles. The van der Waals surface area contributed by atoms with Crippen molar-refractivity contribution in [2.45, 2.75) is 6.92 Å². The molecule has 0 bridgehead atoms. The Kier molecular flexibility index (Phi) is 4.75. The van der Waals surface area contributed by atoms with Crippen LogP contribution in [0.25, 0.3) is 0 Å². The van der Waals surface area contributed by atoms with Crippen LogP contribution in [0, 0.1) is 6.92 Å². The lowest BCUT2D eigenvalue weighted by Crippen LogP contribution is -2.15. The molecule has 0 spiro atoms. The molecule has 0 heterocycles. The number of halogens is 2. The molecule has 2 aromatic carbocycles. The van der Waals surface area contributed by atoms with Crippen molar-refractivity contribution in [3.8, 4) is 5.75 Å². The molecule has 0 unspecified atom stereocenters. The summed E-state index contributed by atoms with van der Waals surface area (Å²) in [4.78, 5) is 12.3. The zero-order valence-corrected chi connectivity index (χ0v) is 13.9. The van der Waals surface area contributed by atoms with Gasteiger partial charge in [0.15, 0.2) is 0 Å². The Morgan fingerprint density at radius 2 is 2.10 bits per heavy atom. The lowest BCUT2D eigenvalue weighted by molar-refractivity contribution is 0.102. The molecule has 2 rings (SSSR count). The monoisotopic (exact) mass is 368 g/mol. The molecule has 0 atom stereocenters. The second-order valence-electron chi connectivity index (χ2n) is 4.46. The highest BCUT2D eigenvalue weighted by Crippen LogP contribution is 2.31. The van der Waals surface area contributed by atoms with Gasteiger partial charge in [0.05, 0.1) is 24.0 Å². The largest absolute Gasteiger partial charge is 0.495 e. The zero-order valence-electron chi connectivity index (χ0n) is 11.5. The SMILES string of the molecule is COc1cccc(C(=O)Nc2cc(Cl)c(C)cc2Br)c1N. The highest BCUT2D eigenvalue weighted by Gasteiger charge is 2.15. The summed E-state index contributed by atoms with van der Waals surface area (Å²) in [6, 6.07) is 8.57. The first kappa shape index (κ1) is 15.7. The summed E-state index contributed by atoms with van der Waals surface area (Å²) in [5.74, 6) is 0.135. The first-order valence-corrected chi connectivity index (χ1v) is 7.30. The minimum atomic E-state index is -0.327. The maximum Gasteiger partial charge on any atom is 0.257 e. The summed E-state index contributed by atoms with van der Waals surface area (Å²) < 4.78 is 5.86. The van der Waals surface area contributed by atoms with Crippen molar-refractivity contribution < 1.29 is 9.53 Å². The van der Waals surface area contributed by atoms with Gasteiger partial charge in [0.2, 0.25) is 0 Å². The van der Waals surface area contributed by atoms with Crippen LogP contribution in [0.15, 0.2) is 34.8 Å². The van der Waals surface area contributed by atoms with Gasteiger partial charge in [0, 0.05) is 9.50 Å². The van der Waals surface area contributed by atoms with Gasteiger partial charge in [-0.15, -0.1) is 0 Å². The number of hydrogen-bond acceptors (Lipinski definition) is 3. The highest BCUT2D eigenvalue weighted by molar-refractivity contribution is 9.10. The van der Waals surface area contributed by atoms with E-state index in [4.69, 9.17) is 22.1 Å². The Morgan fingerprint density at radius 3 is 2.76 bits per heavy atom. The number of carbonyl (C=O) groups excluding carboxylic acids is 1. The molecule has 3 N–H and O–H groups in total. The van der Waals surface area contributed by atoms with Crippen molar-refractivity contribution in [3.05, 3.63) is 51.0 Å². The minimum absolute atomic E-state index is 0.298. The number of ether oxygens (including phenoxy) is 1. The molecule has 0 aliphatic carbocycles. The van der Waals surface area contributed by atoms with Crippen LogP contribution in [0.5, 0.6) is 5.75 Å². The van der Waals surface area contributed by atoms with E-state index in [0.29, 0.717) is 27.7 Å². The molecule has 21 heavy (non-hydrogen) atoms. The Balaban J connectivity index is 2.33. The number of nitrogen functional groups attached to an aromatic ring is 1. The predicted molar refractivity (Wildman–Crippen MR) is 89.2 cm³/mol. The van der Waals surface area contributed by atoms with Crippen molar-refractivity contribution in [1.29, 1.82) is 0 Å². The molecule has 4 nitrogen and oxygen atoms in total. The molecular formula is C15H14BrClN2O2. The van der Waals surface area contributed by atoms with Gasteiger partial charge < -0.3 is 15.8 Å². The normalized spacial score (nSPS) is 10.3.